The van der Waals surface area contributed by atoms with Crippen molar-refractivity contribution in [1.29, 1.82) is 0 Å². The van der Waals surface area contributed by atoms with Crippen LogP contribution in [0.15, 0.2) is 24.3 Å². The third-order valence-corrected chi connectivity index (χ3v) is 6.13. The number of nitrogens with zero attached hydrogens (tertiary/aromatic N) is 2. The summed E-state index contributed by atoms with van der Waals surface area (Å²) in [6.45, 7) is 2.20. The summed E-state index contributed by atoms with van der Waals surface area (Å²) in [5.74, 6) is 0.399. The third kappa shape index (κ3) is 3.47. The Balaban J connectivity index is 1.31. The molecule has 3 unspecified atom stereocenters. The number of hydrogen-bond acceptors (Lipinski definition) is 3. The molecule has 2 heterocycles. The van der Waals surface area contributed by atoms with Crippen molar-refractivity contribution in [3.63, 3.8) is 0 Å². The fraction of sp³-hybridized carbons (Fsp3) is 0.600. The molecule has 1 N–H and O–H groups in total. The van der Waals surface area contributed by atoms with Crippen molar-refractivity contribution in [3.8, 4) is 0 Å². The molecular formula is C20H26FN3O2. The average Bonchev–Trinajstić information content (AvgIpc) is 3.12. The van der Waals surface area contributed by atoms with E-state index in [1.807, 2.05) is 4.90 Å². The summed E-state index contributed by atoms with van der Waals surface area (Å²) in [5, 5.41) is 3.55. The summed E-state index contributed by atoms with van der Waals surface area (Å²) >= 11 is 0. The highest BCUT2D eigenvalue weighted by Gasteiger charge is 2.40. The molecule has 3 aliphatic rings. The highest BCUT2D eigenvalue weighted by Crippen LogP contribution is 2.33. The summed E-state index contributed by atoms with van der Waals surface area (Å²) in [7, 11) is 0. The van der Waals surface area contributed by atoms with Crippen molar-refractivity contribution in [3.05, 3.63) is 35.6 Å². The van der Waals surface area contributed by atoms with Gasteiger partial charge in [0.05, 0.1) is 6.04 Å². The van der Waals surface area contributed by atoms with Crippen LogP contribution in [0.1, 0.15) is 42.5 Å². The lowest BCUT2D eigenvalue weighted by molar-refractivity contribution is -0.134. The van der Waals surface area contributed by atoms with Crippen LogP contribution in [0.2, 0.25) is 0 Å². The maximum atomic E-state index is 13.0. The Labute approximate surface area is 153 Å². The van der Waals surface area contributed by atoms with Gasteiger partial charge >= 0.3 is 0 Å². The molecule has 3 atom stereocenters. The Morgan fingerprint density at radius 1 is 0.962 bits per heavy atom. The standard InChI is InChI=1S/C20H26FN3O2/c21-16-7-5-14(6-8-16)19(25)23-9-11-24(12-10-23)20(26)18-13-15-3-1-2-4-17(15)22-18/h5-8,15,17-18,22H,1-4,9-13H2. The molecule has 26 heavy (non-hydrogen) atoms. The first kappa shape index (κ1) is 17.5. The van der Waals surface area contributed by atoms with Gasteiger partial charge in [-0.15, -0.1) is 0 Å². The van der Waals surface area contributed by atoms with Crippen LogP contribution in [0, 0.1) is 11.7 Å². The van der Waals surface area contributed by atoms with Gasteiger partial charge in [-0.2, -0.15) is 0 Å². The van der Waals surface area contributed by atoms with E-state index >= 15 is 0 Å². The Hall–Kier alpha value is -1.95. The summed E-state index contributed by atoms with van der Waals surface area (Å²) < 4.78 is 13.0. The van der Waals surface area contributed by atoms with E-state index in [-0.39, 0.29) is 23.7 Å². The molecule has 4 rings (SSSR count). The second-order valence-corrected chi connectivity index (χ2v) is 7.73. The Bertz CT molecular complexity index is 656. The lowest BCUT2D eigenvalue weighted by Gasteiger charge is -2.36. The molecule has 1 aliphatic carbocycles. The van der Waals surface area contributed by atoms with Gasteiger partial charge in [-0.05, 0) is 49.4 Å². The first-order valence-electron chi connectivity index (χ1n) is 9.71. The van der Waals surface area contributed by atoms with E-state index in [2.05, 4.69) is 5.32 Å². The topological polar surface area (TPSA) is 52.7 Å². The number of nitrogens with one attached hydrogen (secondary N) is 1. The van der Waals surface area contributed by atoms with E-state index in [9.17, 15) is 14.0 Å². The summed E-state index contributed by atoms with van der Waals surface area (Å²) in [6, 6.07) is 6.09. The minimum Gasteiger partial charge on any atom is -0.338 e. The lowest BCUT2D eigenvalue weighted by Crippen LogP contribution is -2.54. The van der Waals surface area contributed by atoms with Crippen LogP contribution in [0.25, 0.3) is 0 Å². The van der Waals surface area contributed by atoms with Crippen LogP contribution in [0.4, 0.5) is 4.39 Å². The molecule has 3 fully saturated rings. The molecule has 140 valence electrons. The number of carbonyl (C=O) groups excluding carboxylic acids is 2. The number of hydrogen-bond donors (Lipinski definition) is 1. The molecule has 1 saturated carbocycles. The van der Waals surface area contributed by atoms with Crippen molar-refractivity contribution in [2.75, 3.05) is 26.2 Å². The van der Waals surface area contributed by atoms with Gasteiger partial charge in [0.2, 0.25) is 5.91 Å². The zero-order valence-corrected chi connectivity index (χ0v) is 15.0. The van der Waals surface area contributed by atoms with Crippen LogP contribution in [0.5, 0.6) is 0 Å². The quantitative estimate of drug-likeness (QED) is 0.879. The van der Waals surface area contributed by atoms with Gasteiger partial charge in [0.1, 0.15) is 5.82 Å². The van der Waals surface area contributed by atoms with Crippen molar-refractivity contribution >= 4 is 11.8 Å². The van der Waals surface area contributed by atoms with Crippen LogP contribution < -0.4 is 5.32 Å². The first-order chi connectivity index (χ1) is 12.6. The number of fused-ring (bicyclic) bond motifs is 1. The fourth-order valence-electron chi connectivity index (χ4n) is 4.64. The van der Waals surface area contributed by atoms with Crippen LogP contribution in [-0.4, -0.2) is 59.9 Å². The van der Waals surface area contributed by atoms with Gasteiger partial charge < -0.3 is 15.1 Å². The molecule has 6 heteroatoms. The second kappa shape index (κ2) is 7.35. The summed E-state index contributed by atoms with van der Waals surface area (Å²) in [5.41, 5.74) is 0.493. The zero-order chi connectivity index (χ0) is 18.1. The van der Waals surface area contributed by atoms with Gasteiger partial charge in [0, 0.05) is 37.8 Å². The Morgan fingerprint density at radius 3 is 2.31 bits per heavy atom. The third-order valence-electron chi connectivity index (χ3n) is 6.13. The number of benzene rings is 1. The molecule has 5 nitrogen and oxygen atoms in total. The van der Waals surface area contributed by atoms with Crippen LogP contribution in [-0.2, 0) is 4.79 Å². The smallest absolute Gasteiger partial charge is 0.253 e. The molecule has 1 aromatic rings. The van der Waals surface area contributed by atoms with Gasteiger partial charge in [0.15, 0.2) is 0 Å². The molecule has 0 aromatic heterocycles. The van der Waals surface area contributed by atoms with Crippen molar-refractivity contribution in [2.24, 2.45) is 5.92 Å². The molecular weight excluding hydrogens is 333 g/mol. The van der Waals surface area contributed by atoms with E-state index in [0.29, 0.717) is 43.7 Å². The first-order valence-corrected chi connectivity index (χ1v) is 9.71. The summed E-state index contributed by atoms with van der Waals surface area (Å²) in [4.78, 5) is 29.0. The number of carbonyl (C=O) groups is 2. The van der Waals surface area contributed by atoms with E-state index in [1.54, 1.807) is 4.90 Å². The van der Waals surface area contributed by atoms with E-state index < -0.39 is 0 Å². The molecule has 2 aliphatic heterocycles. The number of halogens is 1. The number of amides is 2. The molecule has 0 spiro atoms. The van der Waals surface area contributed by atoms with Gasteiger partial charge in [-0.25, -0.2) is 4.39 Å². The maximum Gasteiger partial charge on any atom is 0.253 e. The normalized spacial score (nSPS) is 28.7. The van der Waals surface area contributed by atoms with Gasteiger partial charge in [-0.1, -0.05) is 12.8 Å². The predicted molar refractivity (Wildman–Crippen MR) is 96.2 cm³/mol. The zero-order valence-electron chi connectivity index (χ0n) is 15.0. The Kier molecular flexibility index (Phi) is 4.94. The molecule has 2 saturated heterocycles. The van der Waals surface area contributed by atoms with Crippen LogP contribution in [0.3, 0.4) is 0 Å². The molecule has 0 radical (unpaired) electrons. The number of rotatable bonds is 2. The monoisotopic (exact) mass is 359 g/mol. The summed E-state index contributed by atoms with van der Waals surface area (Å²) in [6.07, 6.45) is 5.93. The minimum absolute atomic E-state index is 0.0533. The van der Waals surface area contributed by atoms with E-state index in [4.69, 9.17) is 0 Å². The van der Waals surface area contributed by atoms with Crippen molar-refractivity contribution in [1.82, 2.24) is 15.1 Å². The minimum atomic E-state index is -0.346. The SMILES string of the molecule is O=C(c1ccc(F)cc1)N1CCN(C(=O)C2CC3CCCCC3N2)CC1. The van der Waals surface area contributed by atoms with Gasteiger partial charge in [0.25, 0.3) is 5.91 Å². The van der Waals surface area contributed by atoms with Crippen molar-refractivity contribution < 1.29 is 14.0 Å². The predicted octanol–water partition coefficient (Wildman–Crippen LogP) is 2.03. The van der Waals surface area contributed by atoms with Crippen molar-refractivity contribution in [2.45, 2.75) is 44.2 Å². The molecule has 1 aromatic carbocycles. The highest BCUT2D eigenvalue weighted by atomic mass is 19.1. The second-order valence-electron chi connectivity index (χ2n) is 7.73. The van der Waals surface area contributed by atoms with Gasteiger partial charge in [-0.3, -0.25) is 9.59 Å². The number of piperazine rings is 1. The largest absolute Gasteiger partial charge is 0.338 e. The average molecular weight is 359 g/mol. The van der Waals surface area contributed by atoms with E-state index in [0.717, 1.165) is 6.42 Å². The lowest BCUT2D eigenvalue weighted by atomic mass is 9.85. The maximum absolute atomic E-state index is 13.0. The molecule has 0 bridgehead atoms. The highest BCUT2D eigenvalue weighted by molar-refractivity contribution is 5.94. The Morgan fingerprint density at radius 2 is 1.62 bits per heavy atom. The van der Waals surface area contributed by atoms with E-state index in [1.165, 1.54) is 49.9 Å². The fourth-order valence-corrected chi connectivity index (χ4v) is 4.64. The van der Waals surface area contributed by atoms with Crippen LogP contribution >= 0.6 is 0 Å². The molecule has 2 amide bonds.